The van der Waals surface area contributed by atoms with E-state index in [0.717, 1.165) is 5.56 Å². The normalized spacial score (nSPS) is 10.4. The van der Waals surface area contributed by atoms with Crippen LogP contribution in [0.15, 0.2) is 28.1 Å². The third-order valence-corrected chi connectivity index (χ3v) is 4.67. The molecule has 1 N–H and O–H groups in total. The van der Waals surface area contributed by atoms with Crippen molar-refractivity contribution in [2.75, 3.05) is 5.32 Å². The van der Waals surface area contributed by atoms with Crippen molar-refractivity contribution >= 4 is 50.5 Å². The van der Waals surface area contributed by atoms with Crippen LogP contribution in [0, 0.1) is 12.7 Å². The summed E-state index contributed by atoms with van der Waals surface area (Å²) in [6.07, 6.45) is 0. The van der Waals surface area contributed by atoms with Gasteiger partial charge in [0.1, 0.15) is 10.7 Å². The molecule has 0 aliphatic carbocycles. The lowest BCUT2D eigenvalue weighted by Gasteiger charge is -2.06. The van der Waals surface area contributed by atoms with Crippen LogP contribution in [0.1, 0.15) is 15.2 Å². The van der Waals surface area contributed by atoms with Gasteiger partial charge in [0.15, 0.2) is 0 Å². The highest BCUT2D eigenvalue weighted by Crippen LogP contribution is 2.29. The molecular weight excluding hydrogens is 341 g/mol. The van der Waals surface area contributed by atoms with Gasteiger partial charge in [-0.25, -0.2) is 4.39 Å². The van der Waals surface area contributed by atoms with Crippen molar-refractivity contribution in [2.45, 2.75) is 6.92 Å². The Morgan fingerprint density at radius 1 is 1.50 bits per heavy atom. The molecule has 0 aliphatic heterocycles. The van der Waals surface area contributed by atoms with Gasteiger partial charge in [-0.15, -0.1) is 11.3 Å². The van der Waals surface area contributed by atoms with E-state index < -0.39 is 5.82 Å². The lowest BCUT2D eigenvalue weighted by atomic mass is 10.3. The second-order valence-corrected chi connectivity index (χ2v) is 5.75. The van der Waals surface area contributed by atoms with E-state index in [2.05, 4.69) is 21.2 Å². The van der Waals surface area contributed by atoms with Crippen LogP contribution in [0.3, 0.4) is 0 Å². The summed E-state index contributed by atoms with van der Waals surface area (Å²) in [7, 11) is 0. The number of anilines is 1. The summed E-state index contributed by atoms with van der Waals surface area (Å²) < 4.78 is 13.7. The first-order valence-corrected chi connectivity index (χ1v) is 7.04. The van der Waals surface area contributed by atoms with E-state index in [1.165, 1.54) is 29.5 Å². The van der Waals surface area contributed by atoms with E-state index in [-0.39, 0.29) is 5.91 Å². The summed E-state index contributed by atoms with van der Waals surface area (Å²) >= 11 is 10.5. The summed E-state index contributed by atoms with van der Waals surface area (Å²) in [5, 5.41) is 4.86. The Labute approximate surface area is 121 Å². The topological polar surface area (TPSA) is 29.1 Å². The van der Waals surface area contributed by atoms with E-state index in [0.29, 0.717) is 20.1 Å². The van der Waals surface area contributed by atoms with E-state index in [4.69, 9.17) is 11.6 Å². The number of aryl methyl sites for hydroxylation is 1. The van der Waals surface area contributed by atoms with Crippen molar-refractivity contribution in [3.63, 3.8) is 0 Å². The third-order valence-electron chi connectivity index (χ3n) is 2.28. The zero-order valence-electron chi connectivity index (χ0n) is 9.26. The highest BCUT2D eigenvalue weighted by molar-refractivity contribution is 9.10. The average Bonchev–Trinajstić information content (AvgIpc) is 2.65. The second-order valence-electron chi connectivity index (χ2n) is 3.64. The molecular formula is C12H8BrClFNOS. The zero-order valence-corrected chi connectivity index (χ0v) is 12.4. The maximum atomic E-state index is 13.1. The van der Waals surface area contributed by atoms with Crippen LogP contribution in [-0.4, -0.2) is 5.91 Å². The molecule has 0 fully saturated rings. The molecule has 0 aliphatic rings. The second kappa shape index (κ2) is 5.38. The lowest BCUT2D eigenvalue weighted by Crippen LogP contribution is -2.11. The fourth-order valence-corrected chi connectivity index (χ4v) is 2.87. The van der Waals surface area contributed by atoms with E-state index >= 15 is 0 Å². The minimum absolute atomic E-state index is 0.343. The Kier molecular flexibility index (Phi) is 4.04. The van der Waals surface area contributed by atoms with Gasteiger partial charge in [0.2, 0.25) is 0 Å². The number of thiophene rings is 1. The molecule has 0 saturated heterocycles. The largest absolute Gasteiger partial charge is 0.320 e. The van der Waals surface area contributed by atoms with Crippen molar-refractivity contribution < 1.29 is 9.18 Å². The van der Waals surface area contributed by atoms with Crippen LogP contribution in [-0.2, 0) is 0 Å². The molecule has 0 saturated carbocycles. The van der Waals surface area contributed by atoms with Gasteiger partial charge in [0.25, 0.3) is 5.91 Å². The van der Waals surface area contributed by atoms with E-state index in [1.54, 1.807) is 5.38 Å². The molecule has 0 atom stereocenters. The molecule has 0 radical (unpaired) electrons. The summed E-state index contributed by atoms with van der Waals surface area (Å²) in [6.45, 7) is 1.83. The highest BCUT2D eigenvalue weighted by atomic mass is 79.9. The number of benzene rings is 1. The number of halogens is 3. The predicted octanol–water partition coefficient (Wildman–Crippen LogP) is 4.86. The fourth-order valence-electron chi connectivity index (χ4n) is 1.36. The summed E-state index contributed by atoms with van der Waals surface area (Å²) in [4.78, 5) is 12.4. The average molecular weight is 349 g/mol. The van der Waals surface area contributed by atoms with E-state index in [9.17, 15) is 9.18 Å². The van der Waals surface area contributed by atoms with Crippen LogP contribution < -0.4 is 5.32 Å². The van der Waals surface area contributed by atoms with Gasteiger partial charge in [-0.1, -0.05) is 11.6 Å². The van der Waals surface area contributed by atoms with Gasteiger partial charge in [0, 0.05) is 4.47 Å². The highest BCUT2D eigenvalue weighted by Gasteiger charge is 2.15. The van der Waals surface area contributed by atoms with Gasteiger partial charge >= 0.3 is 0 Å². The van der Waals surface area contributed by atoms with E-state index in [1.807, 2.05) is 6.92 Å². The van der Waals surface area contributed by atoms with Gasteiger partial charge in [-0.2, -0.15) is 0 Å². The smallest absolute Gasteiger partial charge is 0.267 e. The van der Waals surface area contributed by atoms with Crippen molar-refractivity contribution in [1.82, 2.24) is 0 Å². The van der Waals surface area contributed by atoms with Crippen LogP contribution in [0.25, 0.3) is 0 Å². The predicted molar refractivity (Wildman–Crippen MR) is 76.1 cm³/mol. The number of carbonyl (C=O) groups excluding carboxylic acids is 1. The molecule has 2 rings (SSSR count). The van der Waals surface area contributed by atoms with Crippen molar-refractivity contribution in [2.24, 2.45) is 0 Å². The summed E-state index contributed by atoms with van der Waals surface area (Å²) in [5.41, 5.74) is 1.23. The Balaban J connectivity index is 2.27. The Hall–Kier alpha value is -0.910. The number of hydrogen-bond acceptors (Lipinski definition) is 2. The maximum Gasteiger partial charge on any atom is 0.267 e. The van der Waals surface area contributed by atoms with Crippen LogP contribution in [0.5, 0.6) is 0 Å². The quantitative estimate of drug-likeness (QED) is 0.824. The third kappa shape index (κ3) is 2.74. The van der Waals surface area contributed by atoms with Crippen molar-refractivity contribution in [3.8, 4) is 0 Å². The number of nitrogens with one attached hydrogen (secondary N) is 1. The molecule has 94 valence electrons. The Bertz CT molecular complexity index is 614. The van der Waals surface area contributed by atoms with Crippen molar-refractivity contribution in [3.05, 3.63) is 49.3 Å². The zero-order chi connectivity index (χ0) is 13.3. The minimum atomic E-state index is -0.415. The molecule has 0 unspecified atom stereocenters. The number of rotatable bonds is 2. The number of hydrogen-bond donors (Lipinski definition) is 1. The van der Waals surface area contributed by atoms with Gasteiger partial charge in [-0.3, -0.25) is 4.79 Å². The number of carbonyl (C=O) groups is 1. The Morgan fingerprint density at radius 2 is 2.22 bits per heavy atom. The first kappa shape index (κ1) is 13.5. The molecule has 18 heavy (non-hydrogen) atoms. The molecule has 1 aromatic carbocycles. The molecule has 2 aromatic rings. The maximum absolute atomic E-state index is 13.1. The van der Waals surface area contributed by atoms with Crippen LogP contribution in [0.2, 0.25) is 5.02 Å². The molecule has 1 amide bonds. The number of amides is 1. The lowest BCUT2D eigenvalue weighted by molar-refractivity contribution is 0.103. The standard InChI is InChI=1S/C12H8BrClFNOS/c1-6-5-18-11(10(6)14)12(17)16-9-4-7(15)2-3-8(9)13/h2-5H,1H3,(H,16,17). The summed E-state index contributed by atoms with van der Waals surface area (Å²) in [5.74, 6) is -0.758. The van der Waals surface area contributed by atoms with Crippen LogP contribution in [0.4, 0.5) is 10.1 Å². The SMILES string of the molecule is Cc1csc(C(=O)Nc2cc(F)ccc2Br)c1Cl. The summed E-state index contributed by atoms with van der Waals surface area (Å²) in [6, 6.07) is 4.09. The first-order valence-electron chi connectivity index (χ1n) is 4.99. The van der Waals surface area contributed by atoms with Crippen LogP contribution >= 0.6 is 38.9 Å². The molecule has 1 aromatic heterocycles. The first-order chi connectivity index (χ1) is 8.49. The Morgan fingerprint density at radius 3 is 2.83 bits per heavy atom. The molecule has 0 bridgehead atoms. The monoisotopic (exact) mass is 347 g/mol. The molecule has 1 heterocycles. The molecule has 0 spiro atoms. The fraction of sp³-hybridized carbons (Fsp3) is 0.0833. The van der Waals surface area contributed by atoms with Gasteiger partial charge in [-0.05, 0) is 52.0 Å². The van der Waals surface area contributed by atoms with Gasteiger partial charge in [0.05, 0.1) is 10.7 Å². The van der Waals surface area contributed by atoms with Crippen molar-refractivity contribution in [1.29, 1.82) is 0 Å². The molecule has 2 nitrogen and oxygen atoms in total. The van der Waals surface area contributed by atoms with Gasteiger partial charge < -0.3 is 5.32 Å². The molecule has 6 heteroatoms. The minimum Gasteiger partial charge on any atom is -0.320 e.